The molecule has 0 saturated carbocycles. The summed E-state index contributed by atoms with van der Waals surface area (Å²) in [6.07, 6.45) is -3.83. The highest BCUT2D eigenvalue weighted by Gasteiger charge is 2.47. The van der Waals surface area contributed by atoms with E-state index in [1.165, 1.54) is 48.7 Å². The summed E-state index contributed by atoms with van der Waals surface area (Å²) in [5, 5.41) is 0.658. The number of sulfonamides is 1. The second-order valence-electron chi connectivity index (χ2n) is 7.80. The molecule has 0 radical (unpaired) electrons. The molecule has 2 N–H and O–H groups in total. The number of H-pyrrole nitrogens is 1. The normalized spacial score (nSPS) is 18.0. The van der Waals surface area contributed by atoms with Crippen molar-refractivity contribution in [3.8, 4) is 0 Å². The molecule has 1 aromatic heterocycles. The number of nitrogens with zero attached hydrogens (tertiary/aromatic N) is 2. The molecule has 1 unspecified atom stereocenters. The van der Waals surface area contributed by atoms with Crippen molar-refractivity contribution in [2.45, 2.75) is 17.1 Å². The molecule has 2 aromatic carbocycles. The number of aromatic nitrogens is 1. The predicted molar refractivity (Wildman–Crippen MR) is 126 cm³/mol. The molecule has 1 saturated heterocycles. The molecule has 0 aliphatic carbocycles. The fourth-order valence-electron chi connectivity index (χ4n) is 3.97. The van der Waals surface area contributed by atoms with Gasteiger partial charge in [-0.2, -0.15) is 25.9 Å². The highest BCUT2D eigenvalue weighted by molar-refractivity contribution is 8.03. The number of hydrogen-bond acceptors (Lipinski definition) is 5. The molecule has 2 heterocycles. The van der Waals surface area contributed by atoms with Crippen LogP contribution in [0.25, 0.3) is 10.9 Å². The summed E-state index contributed by atoms with van der Waals surface area (Å²) in [5.41, 5.74) is 0.369. The van der Waals surface area contributed by atoms with Gasteiger partial charge in [0.2, 0.25) is 0 Å². The van der Waals surface area contributed by atoms with Gasteiger partial charge in [0.15, 0.2) is 0 Å². The first-order valence-corrected chi connectivity index (χ1v) is 13.8. The third-order valence-corrected chi connectivity index (χ3v) is 9.85. The van der Waals surface area contributed by atoms with Gasteiger partial charge in [0.25, 0.3) is 20.2 Å². The van der Waals surface area contributed by atoms with Crippen LogP contribution in [0.3, 0.4) is 0 Å². The zero-order chi connectivity index (χ0) is 26.5. The van der Waals surface area contributed by atoms with Crippen LogP contribution in [0.1, 0.15) is 11.6 Å². The van der Waals surface area contributed by atoms with E-state index in [2.05, 4.69) is 4.98 Å². The van der Waals surface area contributed by atoms with Gasteiger partial charge in [0, 0.05) is 31.2 Å². The topological polar surface area (TPSA) is 120 Å². The second kappa shape index (κ2) is 9.50. The molecule has 4 rings (SSSR count). The molecule has 0 bridgehead atoms. The average Bonchev–Trinajstić information content (AvgIpc) is 3.20. The average molecular weight is 585 g/mol. The van der Waals surface area contributed by atoms with Crippen molar-refractivity contribution in [3.05, 3.63) is 64.3 Å². The maximum Gasteiger partial charge on any atom is 0.471 e. The maximum absolute atomic E-state index is 13.3. The molecule has 1 fully saturated rings. The summed E-state index contributed by atoms with van der Waals surface area (Å²) in [7, 11) is -9.41. The van der Waals surface area contributed by atoms with E-state index in [0.717, 1.165) is 0 Å². The van der Waals surface area contributed by atoms with E-state index in [1.807, 2.05) is 0 Å². The summed E-state index contributed by atoms with van der Waals surface area (Å²) in [5.74, 6) is -2.15. The molecule has 3 aromatic rings. The number of halogens is 5. The molecule has 36 heavy (non-hydrogen) atoms. The van der Waals surface area contributed by atoms with Gasteiger partial charge in [-0.25, -0.2) is 8.42 Å². The van der Waals surface area contributed by atoms with Crippen molar-refractivity contribution in [2.75, 3.05) is 19.6 Å². The molecular weight excluding hydrogens is 568 g/mol. The van der Waals surface area contributed by atoms with Gasteiger partial charge in [-0.05, 0) is 23.8 Å². The van der Waals surface area contributed by atoms with E-state index < -0.39 is 58.0 Å². The van der Waals surface area contributed by atoms with Crippen LogP contribution in [-0.4, -0.2) is 62.7 Å². The van der Waals surface area contributed by atoms with Crippen LogP contribution in [0.2, 0.25) is 10.0 Å². The van der Waals surface area contributed by atoms with E-state index in [4.69, 9.17) is 23.2 Å². The summed E-state index contributed by atoms with van der Waals surface area (Å²) in [6, 6.07) is 8.02. The van der Waals surface area contributed by atoms with Crippen LogP contribution >= 0.6 is 23.2 Å². The number of aromatic amines is 1. The number of hydrogen-bond donors (Lipinski definition) is 2. The Labute approximate surface area is 214 Å². The van der Waals surface area contributed by atoms with E-state index in [9.17, 15) is 34.8 Å². The van der Waals surface area contributed by atoms with E-state index in [-0.39, 0.29) is 31.4 Å². The maximum atomic E-state index is 13.3. The van der Waals surface area contributed by atoms with Crippen LogP contribution in [-0.2, 0) is 25.0 Å². The zero-order valence-corrected chi connectivity index (χ0v) is 21.1. The fraction of sp³-hybridized carbons (Fsp3) is 0.250. The molecule has 1 aliphatic heterocycles. The van der Waals surface area contributed by atoms with Crippen LogP contribution in [0.4, 0.5) is 13.2 Å². The van der Waals surface area contributed by atoms with Crippen molar-refractivity contribution in [1.29, 1.82) is 0 Å². The van der Waals surface area contributed by atoms with Gasteiger partial charge in [-0.15, -0.1) is 0 Å². The van der Waals surface area contributed by atoms with Crippen LogP contribution in [0.15, 0.2) is 53.6 Å². The van der Waals surface area contributed by atoms with E-state index in [0.29, 0.717) is 9.21 Å². The van der Waals surface area contributed by atoms with Gasteiger partial charge < -0.3 is 9.88 Å². The number of rotatable bonds is 5. The summed E-state index contributed by atoms with van der Waals surface area (Å²) >= 11 is 12.4. The van der Waals surface area contributed by atoms with Crippen molar-refractivity contribution in [1.82, 2.24) is 18.3 Å². The molecule has 16 heteroatoms. The monoisotopic (exact) mass is 584 g/mol. The summed E-state index contributed by atoms with van der Waals surface area (Å²) in [6.45, 7) is -1.95. The standard InChI is InChI=1S/C20H17Cl2F3N4O5S2/c21-14-7-6-13(18-17(14)15(22)10-26-18)16-11-28(19(30)20(23,24)25)8-9-29(16)36(33,34)27-35(31,32)12-4-2-1-3-5-12/h1-7,10,16,26-27H,8-9,11H2. The van der Waals surface area contributed by atoms with Crippen molar-refractivity contribution >= 4 is 60.2 Å². The second-order valence-corrected chi connectivity index (χ2v) is 12.2. The first-order valence-electron chi connectivity index (χ1n) is 10.1. The molecule has 9 nitrogen and oxygen atoms in total. The van der Waals surface area contributed by atoms with Gasteiger partial charge in [-0.3, -0.25) is 4.79 Å². The number of nitrogens with one attached hydrogen (secondary N) is 2. The Morgan fingerprint density at radius 2 is 1.67 bits per heavy atom. The number of amides is 1. The van der Waals surface area contributed by atoms with Crippen LogP contribution in [0.5, 0.6) is 0 Å². The van der Waals surface area contributed by atoms with E-state index >= 15 is 0 Å². The lowest BCUT2D eigenvalue weighted by atomic mass is 10.0. The number of carbonyl (C=O) groups is 1. The molecule has 194 valence electrons. The Balaban J connectivity index is 1.79. The zero-order valence-electron chi connectivity index (χ0n) is 18.0. The molecular formula is C20H17Cl2F3N4O5S2. The summed E-state index contributed by atoms with van der Waals surface area (Å²) < 4.78 is 93.8. The number of piperazine rings is 1. The minimum Gasteiger partial charge on any atom is -0.359 e. The molecule has 0 spiro atoms. The van der Waals surface area contributed by atoms with Gasteiger partial charge in [0.1, 0.15) is 0 Å². The van der Waals surface area contributed by atoms with Crippen molar-refractivity contribution in [2.24, 2.45) is 0 Å². The van der Waals surface area contributed by atoms with E-state index in [1.54, 1.807) is 4.13 Å². The van der Waals surface area contributed by atoms with Gasteiger partial charge in [0.05, 0.1) is 26.5 Å². The quantitative estimate of drug-likeness (QED) is 0.476. The number of carbonyl (C=O) groups excluding carboxylic acids is 1. The number of fused-ring (bicyclic) bond motifs is 1. The van der Waals surface area contributed by atoms with Crippen molar-refractivity contribution in [3.63, 3.8) is 0 Å². The van der Waals surface area contributed by atoms with Crippen LogP contribution in [0, 0.1) is 0 Å². The number of benzene rings is 2. The smallest absolute Gasteiger partial charge is 0.359 e. The minimum absolute atomic E-state index is 0.142. The lowest BCUT2D eigenvalue weighted by molar-refractivity contribution is -0.187. The first-order chi connectivity index (χ1) is 16.7. The lowest BCUT2D eigenvalue weighted by Gasteiger charge is -2.40. The Bertz CT molecular complexity index is 1530. The number of alkyl halides is 3. The largest absolute Gasteiger partial charge is 0.471 e. The van der Waals surface area contributed by atoms with Crippen LogP contribution < -0.4 is 4.13 Å². The highest BCUT2D eigenvalue weighted by atomic mass is 35.5. The Hall–Kier alpha value is -2.36. The minimum atomic E-state index is -5.19. The van der Waals surface area contributed by atoms with Gasteiger partial charge in [-0.1, -0.05) is 51.6 Å². The Morgan fingerprint density at radius 1 is 1.00 bits per heavy atom. The van der Waals surface area contributed by atoms with Crippen molar-refractivity contribution < 1.29 is 34.8 Å². The predicted octanol–water partition coefficient (Wildman–Crippen LogP) is 3.45. The SMILES string of the molecule is O=C(N1CCN(S(=O)(=O)NS(=O)(=O)c2ccccc2)C(c2ccc(Cl)c3c(Cl)c[nH]c23)C1)C(F)(F)F. The fourth-order valence-corrected chi connectivity index (χ4v) is 7.76. The third-order valence-electron chi connectivity index (χ3n) is 5.57. The first kappa shape index (κ1) is 26.7. The third kappa shape index (κ3) is 5.06. The Kier molecular flexibility index (Phi) is 7.05. The molecule has 1 aliphatic rings. The lowest BCUT2D eigenvalue weighted by Crippen LogP contribution is -2.57. The highest BCUT2D eigenvalue weighted by Crippen LogP contribution is 2.38. The molecule has 1 amide bonds. The Morgan fingerprint density at radius 3 is 2.31 bits per heavy atom. The van der Waals surface area contributed by atoms with Gasteiger partial charge >= 0.3 is 12.1 Å². The molecule has 1 atom stereocenters. The summed E-state index contributed by atoms with van der Waals surface area (Å²) in [4.78, 5) is 14.9.